The summed E-state index contributed by atoms with van der Waals surface area (Å²) in [6, 6.07) is 4.71. The van der Waals surface area contributed by atoms with Crippen LogP contribution in [0.3, 0.4) is 0 Å². The van der Waals surface area contributed by atoms with Gasteiger partial charge in [-0.15, -0.1) is 0 Å². The van der Waals surface area contributed by atoms with Gasteiger partial charge in [-0.3, -0.25) is 14.2 Å². The van der Waals surface area contributed by atoms with E-state index in [0.717, 1.165) is 12.8 Å². The molecule has 2 rings (SSSR count). The molecule has 0 saturated heterocycles. The van der Waals surface area contributed by atoms with Crippen LogP contribution < -0.4 is 10.9 Å². The minimum atomic E-state index is -0.487. The summed E-state index contributed by atoms with van der Waals surface area (Å²) >= 11 is 1.23. The molecule has 0 spiro atoms. The van der Waals surface area contributed by atoms with Crippen molar-refractivity contribution in [2.24, 2.45) is 5.92 Å². The van der Waals surface area contributed by atoms with E-state index < -0.39 is 5.97 Å². The van der Waals surface area contributed by atoms with E-state index in [9.17, 15) is 14.4 Å². The van der Waals surface area contributed by atoms with Crippen LogP contribution in [0.5, 0.6) is 0 Å². The number of hydrogen-bond acceptors (Lipinski definition) is 6. The maximum Gasteiger partial charge on any atom is 0.337 e. The molecule has 0 aliphatic heterocycles. The smallest absolute Gasteiger partial charge is 0.337 e. The van der Waals surface area contributed by atoms with E-state index in [-0.39, 0.29) is 23.1 Å². The maximum atomic E-state index is 13.0. The Bertz CT molecular complexity index is 908. The Morgan fingerprint density at radius 2 is 2.07 bits per heavy atom. The van der Waals surface area contributed by atoms with Crippen LogP contribution >= 0.6 is 11.8 Å². The first-order valence-corrected chi connectivity index (χ1v) is 10.4. The van der Waals surface area contributed by atoms with Crippen molar-refractivity contribution in [1.29, 1.82) is 0 Å². The van der Waals surface area contributed by atoms with Crippen molar-refractivity contribution < 1.29 is 14.3 Å². The number of aromatic nitrogens is 2. The number of carbonyl (C=O) groups is 2. The number of thioether (sulfide) groups is 1. The normalized spacial score (nSPS) is 11.0. The largest absolute Gasteiger partial charge is 0.465 e. The van der Waals surface area contributed by atoms with Crippen molar-refractivity contribution in [1.82, 2.24) is 14.9 Å². The van der Waals surface area contributed by atoms with E-state index in [1.54, 1.807) is 22.8 Å². The van der Waals surface area contributed by atoms with Gasteiger partial charge in [0, 0.05) is 13.1 Å². The number of ether oxygens (including phenoxy) is 1. The first-order valence-electron chi connectivity index (χ1n) is 9.39. The summed E-state index contributed by atoms with van der Waals surface area (Å²) in [4.78, 5) is 41.4. The third-order valence-corrected chi connectivity index (χ3v) is 5.05. The number of hydrogen-bond donors (Lipinski definition) is 1. The Labute approximate surface area is 168 Å². The van der Waals surface area contributed by atoms with Crippen LogP contribution in [0.25, 0.3) is 10.9 Å². The summed E-state index contributed by atoms with van der Waals surface area (Å²) in [7, 11) is 1.30. The van der Waals surface area contributed by atoms with Gasteiger partial charge in [0.1, 0.15) is 0 Å². The van der Waals surface area contributed by atoms with E-state index in [1.165, 1.54) is 18.9 Å². The highest BCUT2D eigenvalue weighted by Gasteiger charge is 2.16. The standard InChI is InChI=1S/C20H27N3O4S/c1-5-6-9-21-17(24)12-28-20-22-16-10-14(19(26)27-4)7-8-15(16)18(25)23(20)11-13(2)3/h7-8,10,13H,5-6,9,11-12H2,1-4H3,(H,21,24). The molecule has 152 valence electrons. The average molecular weight is 406 g/mol. The molecule has 0 atom stereocenters. The van der Waals surface area contributed by atoms with Gasteiger partial charge in [-0.05, 0) is 30.5 Å². The number of benzene rings is 1. The van der Waals surface area contributed by atoms with Crippen LogP contribution in [0, 0.1) is 5.92 Å². The van der Waals surface area contributed by atoms with Gasteiger partial charge in [0.15, 0.2) is 5.16 Å². The fourth-order valence-electron chi connectivity index (χ4n) is 2.67. The molecular formula is C20H27N3O4S. The molecule has 8 heteroatoms. The van der Waals surface area contributed by atoms with Crippen LogP contribution in [0.4, 0.5) is 0 Å². The lowest BCUT2D eigenvalue weighted by atomic mass is 10.1. The van der Waals surface area contributed by atoms with Crippen LogP contribution in [0.1, 0.15) is 44.0 Å². The molecule has 7 nitrogen and oxygen atoms in total. The van der Waals surface area contributed by atoms with E-state index in [4.69, 9.17) is 4.74 Å². The van der Waals surface area contributed by atoms with Crippen LogP contribution in [0.2, 0.25) is 0 Å². The number of rotatable bonds is 9. The van der Waals surface area contributed by atoms with Gasteiger partial charge in [0.2, 0.25) is 5.91 Å². The van der Waals surface area contributed by atoms with Crippen molar-refractivity contribution in [3.8, 4) is 0 Å². The third kappa shape index (κ3) is 5.58. The second-order valence-corrected chi connectivity index (χ2v) is 7.86. The number of amides is 1. The lowest BCUT2D eigenvalue weighted by molar-refractivity contribution is -0.118. The van der Waals surface area contributed by atoms with Crippen molar-refractivity contribution >= 4 is 34.5 Å². The Morgan fingerprint density at radius 3 is 2.71 bits per heavy atom. The fourth-order valence-corrected chi connectivity index (χ4v) is 3.51. The minimum absolute atomic E-state index is 0.0906. The lowest BCUT2D eigenvalue weighted by Gasteiger charge is -2.15. The topological polar surface area (TPSA) is 90.3 Å². The number of unbranched alkanes of at least 4 members (excludes halogenated alkanes) is 1. The van der Waals surface area contributed by atoms with Gasteiger partial charge >= 0.3 is 5.97 Å². The van der Waals surface area contributed by atoms with E-state index in [0.29, 0.717) is 34.7 Å². The zero-order valence-corrected chi connectivity index (χ0v) is 17.6. The average Bonchev–Trinajstić information content (AvgIpc) is 2.67. The molecule has 2 aromatic rings. The minimum Gasteiger partial charge on any atom is -0.465 e. The van der Waals surface area contributed by atoms with E-state index in [2.05, 4.69) is 17.2 Å². The highest BCUT2D eigenvalue weighted by atomic mass is 32.2. The summed E-state index contributed by atoms with van der Waals surface area (Å²) < 4.78 is 6.35. The first kappa shape index (κ1) is 21.9. The van der Waals surface area contributed by atoms with Gasteiger partial charge in [0.25, 0.3) is 5.56 Å². The molecular weight excluding hydrogens is 378 g/mol. The molecule has 0 fully saturated rings. The van der Waals surface area contributed by atoms with Crippen LogP contribution in [0.15, 0.2) is 28.2 Å². The van der Waals surface area contributed by atoms with E-state index in [1.807, 2.05) is 13.8 Å². The van der Waals surface area contributed by atoms with Gasteiger partial charge in [-0.1, -0.05) is 39.0 Å². The Balaban J connectivity index is 2.38. The van der Waals surface area contributed by atoms with Gasteiger partial charge in [-0.25, -0.2) is 9.78 Å². The summed E-state index contributed by atoms with van der Waals surface area (Å²) in [5.41, 5.74) is 0.572. The van der Waals surface area contributed by atoms with Crippen molar-refractivity contribution in [3.63, 3.8) is 0 Å². The van der Waals surface area contributed by atoms with Crippen molar-refractivity contribution in [2.75, 3.05) is 19.4 Å². The number of nitrogens with one attached hydrogen (secondary N) is 1. The quantitative estimate of drug-likeness (QED) is 0.299. The molecule has 0 radical (unpaired) electrons. The summed E-state index contributed by atoms with van der Waals surface area (Å²) in [6.07, 6.45) is 1.94. The highest BCUT2D eigenvalue weighted by Crippen LogP contribution is 2.20. The lowest BCUT2D eigenvalue weighted by Crippen LogP contribution is -2.28. The second kappa shape index (κ2) is 10.3. The Hall–Kier alpha value is -2.35. The zero-order valence-electron chi connectivity index (χ0n) is 16.8. The number of nitrogens with zero attached hydrogens (tertiary/aromatic N) is 2. The molecule has 1 heterocycles. The molecule has 1 aromatic heterocycles. The predicted molar refractivity (Wildman–Crippen MR) is 111 cm³/mol. The molecule has 0 bridgehead atoms. The van der Waals surface area contributed by atoms with Crippen molar-refractivity contribution in [3.05, 3.63) is 34.1 Å². The number of methoxy groups -OCH3 is 1. The zero-order chi connectivity index (χ0) is 20.7. The molecule has 0 aliphatic carbocycles. The molecule has 0 saturated carbocycles. The SMILES string of the molecule is CCCCNC(=O)CSc1nc2cc(C(=O)OC)ccc2c(=O)n1CC(C)C. The monoisotopic (exact) mass is 405 g/mol. The predicted octanol–water partition coefficient (Wildman–Crippen LogP) is 2.85. The second-order valence-electron chi connectivity index (χ2n) is 6.92. The molecule has 1 N–H and O–H groups in total. The van der Waals surface area contributed by atoms with Gasteiger partial charge in [-0.2, -0.15) is 0 Å². The molecule has 28 heavy (non-hydrogen) atoms. The van der Waals surface area contributed by atoms with E-state index >= 15 is 0 Å². The molecule has 0 unspecified atom stereocenters. The third-order valence-electron chi connectivity index (χ3n) is 4.07. The summed E-state index contributed by atoms with van der Waals surface area (Å²) in [5.74, 6) is -0.160. The first-order chi connectivity index (χ1) is 13.4. The summed E-state index contributed by atoms with van der Waals surface area (Å²) in [5, 5.41) is 3.77. The Kier molecular flexibility index (Phi) is 8.04. The molecule has 1 aromatic carbocycles. The maximum absolute atomic E-state index is 13.0. The number of fused-ring (bicyclic) bond motifs is 1. The number of carbonyl (C=O) groups excluding carboxylic acids is 2. The molecule has 0 aliphatic rings. The van der Waals surface area contributed by atoms with Crippen LogP contribution in [-0.2, 0) is 16.1 Å². The number of esters is 1. The fraction of sp³-hybridized carbons (Fsp3) is 0.500. The summed E-state index contributed by atoms with van der Waals surface area (Å²) in [6.45, 7) is 7.24. The molecule has 1 amide bonds. The van der Waals surface area contributed by atoms with Crippen molar-refractivity contribution in [2.45, 2.75) is 45.3 Å². The highest BCUT2D eigenvalue weighted by molar-refractivity contribution is 7.99. The van der Waals surface area contributed by atoms with Gasteiger partial charge in [0.05, 0.1) is 29.3 Å². The van der Waals surface area contributed by atoms with Crippen LogP contribution in [-0.4, -0.2) is 40.8 Å². The van der Waals surface area contributed by atoms with Gasteiger partial charge < -0.3 is 10.1 Å². The Morgan fingerprint density at radius 1 is 1.32 bits per heavy atom.